The van der Waals surface area contributed by atoms with Crippen LogP contribution in [0, 0.1) is 5.92 Å². The number of likely N-dealkylation sites (tertiary alicyclic amines) is 2. The molecule has 1 aromatic carbocycles. The number of nitrogens with zero attached hydrogens (tertiary/aromatic N) is 2. The number of hydrogen-bond acceptors (Lipinski definition) is 5. The van der Waals surface area contributed by atoms with Gasteiger partial charge in [-0.1, -0.05) is 30.3 Å². The Balaban J connectivity index is 1.26. The summed E-state index contributed by atoms with van der Waals surface area (Å²) in [6.07, 6.45) is 4.28. The molecule has 1 aromatic rings. The van der Waals surface area contributed by atoms with Gasteiger partial charge in [0.25, 0.3) is 0 Å². The van der Waals surface area contributed by atoms with Crippen molar-refractivity contribution in [2.45, 2.75) is 51.7 Å². The van der Waals surface area contributed by atoms with Crippen molar-refractivity contribution >= 4 is 25.3 Å². The molecule has 0 N–H and O–H groups in total. The van der Waals surface area contributed by atoms with Crippen molar-refractivity contribution < 1.29 is 23.8 Å². The molecule has 0 aliphatic carbocycles. The van der Waals surface area contributed by atoms with E-state index in [0.717, 1.165) is 57.4 Å². The maximum absolute atomic E-state index is 12.3. The number of piperidine rings is 2. The molecule has 2 aliphatic rings. The number of rotatable bonds is 7. The van der Waals surface area contributed by atoms with Gasteiger partial charge in [-0.05, 0) is 5.56 Å². The third kappa shape index (κ3) is 7.69. The van der Waals surface area contributed by atoms with Crippen LogP contribution in [-0.4, -0.2) is 74.0 Å². The molecular weight excluding hydrogens is 395 g/mol. The summed E-state index contributed by atoms with van der Waals surface area (Å²) in [6, 6.07) is 9.72. The number of ether oxygens (including phenoxy) is 3. The molecule has 2 saturated heterocycles. The molecule has 0 bridgehead atoms. The zero-order valence-electron chi connectivity index (χ0n) is 18.5. The van der Waals surface area contributed by atoms with Gasteiger partial charge in [0.1, 0.15) is 6.61 Å². The van der Waals surface area contributed by atoms with Crippen LogP contribution in [0.2, 0.25) is 0 Å². The second-order valence-corrected chi connectivity index (χ2v) is 8.39. The molecule has 8 heteroatoms. The fourth-order valence-electron chi connectivity index (χ4n) is 4.03. The van der Waals surface area contributed by atoms with E-state index >= 15 is 0 Å². The summed E-state index contributed by atoms with van der Waals surface area (Å²) in [7, 11) is 3.61. The molecule has 0 aromatic heterocycles. The van der Waals surface area contributed by atoms with Gasteiger partial charge in [-0.3, -0.25) is 0 Å². The van der Waals surface area contributed by atoms with Gasteiger partial charge >= 0.3 is 115 Å². The van der Waals surface area contributed by atoms with Crippen LogP contribution < -0.4 is 0 Å². The van der Waals surface area contributed by atoms with E-state index in [1.165, 1.54) is 0 Å². The number of carbonyl (C=O) groups excluding carboxylic acids is 2. The Labute approximate surface area is 185 Å². The van der Waals surface area contributed by atoms with Crippen molar-refractivity contribution in [3.63, 3.8) is 0 Å². The molecule has 7 nitrogen and oxygen atoms in total. The third-order valence-electron chi connectivity index (χ3n) is 5.92. The molecule has 2 aliphatic heterocycles. The van der Waals surface area contributed by atoms with E-state index in [1.54, 1.807) is 16.7 Å². The molecule has 2 amide bonds. The van der Waals surface area contributed by atoms with Gasteiger partial charge in [0.15, 0.2) is 0 Å². The Kier molecular flexibility index (Phi) is 8.94. The van der Waals surface area contributed by atoms with Crippen LogP contribution in [0.4, 0.5) is 9.59 Å². The molecule has 0 spiro atoms. The minimum absolute atomic E-state index is 0.198. The van der Waals surface area contributed by atoms with Crippen molar-refractivity contribution in [2.75, 3.05) is 32.8 Å². The third-order valence-corrected chi connectivity index (χ3v) is 5.92. The summed E-state index contributed by atoms with van der Waals surface area (Å²) >= 11 is 0. The molecule has 2 fully saturated rings. The van der Waals surface area contributed by atoms with Crippen molar-refractivity contribution in [1.82, 2.24) is 9.80 Å². The summed E-state index contributed by atoms with van der Waals surface area (Å²) in [6.45, 7) is 5.49. The van der Waals surface area contributed by atoms with Gasteiger partial charge < -0.3 is 9.64 Å². The molecule has 3 rings (SSSR count). The molecule has 31 heavy (non-hydrogen) atoms. The van der Waals surface area contributed by atoms with Gasteiger partial charge in [-0.2, -0.15) is 0 Å². The quantitative estimate of drug-likeness (QED) is 0.625. The topological polar surface area (TPSA) is 68.3 Å². The summed E-state index contributed by atoms with van der Waals surface area (Å²) < 4.78 is 16.6. The molecule has 0 saturated carbocycles. The Bertz CT molecular complexity index is 729. The Hall–Kier alpha value is -2.35. The number of hydrogen-bond donors (Lipinski definition) is 0. The van der Waals surface area contributed by atoms with E-state index in [4.69, 9.17) is 14.2 Å². The average molecular weight is 428 g/mol. The van der Waals surface area contributed by atoms with Gasteiger partial charge in [0.05, 0.1) is 0 Å². The number of benzene rings is 1. The Morgan fingerprint density at radius 3 is 2.23 bits per heavy atom. The first-order valence-electron chi connectivity index (χ1n) is 11.2. The maximum atomic E-state index is 12.3. The van der Waals surface area contributed by atoms with E-state index in [-0.39, 0.29) is 18.3 Å². The van der Waals surface area contributed by atoms with Crippen molar-refractivity contribution in [1.29, 1.82) is 0 Å². The molecule has 0 unspecified atom stereocenters. The minimum atomic E-state index is -0.295. The van der Waals surface area contributed by atoms with Crippen LogP contribution in [0.15, 0.2) is 30.3 Å². The fraction of sp³-hybridized carbons (Fsp3) is 0.609. The fourth-order valence-corrected chi connectivity index (χ4v) is 4.03. The molecule has 168 valence electrons. The summed E-state index contributed by atoms with van der Waals surface area (Å²) in [4.78, 5) is 27.7. The molecular formula is C23H33BN2O5. The predicted octanol–water partition coefficient (Wildman–Crippen LogP) is 3.09. The average Bonchev–Trinajstić information content (AvgIpc) is 2.78. The normalized spacial score (nSPS) is 17.9. The van der Waals surface area contributed by atoms with Crippen LogP contribution in [0.3, 0.4) is 0 Å². The standard InChI is InChI=1S/C23H33BN2O5/c1-18(24)31-23(28)26-12-7-19(8-13-26)11-16-29-21-9-14-25(15-10-21)22(27)30-17-20-5-3-2-4-6-20/h2-6,19,21,24H,7-17H2,1H3. The first kappa shape index (κ1) is 23.3. The first-order chi connectivity index (χ1) is 15.0. The van der Waals surface area contributed by atoms with Gasteiger partial charge in [0.2, 0.25) is 0 Å². The Morgan fingerprint density at radius 2 is 1.58 bits per heavy atom. The van der Waals surface area contributed by atoms with Crippen molar-refractivity contribution in [3.05, 3.63) is 35.9 Å². The zero-order chi connectivity index (χ0) is 22.1. The van der Waals surface area contributed by atoms with E-state index in [1.807, 2.05) is 30.3 Å². The second kappa shape index (κ2) is 11.9. The number of amides is 2. The predicted molar refractivity (Wildman–Crippen MR) is 120 cm³/mol. The number of carbonyl (C=O) groups is 2. The second-order valence-electron chi connectivity index (χ2n) is 8.39. The van der Waals surface area contributed by atoms with Gasteiger partial charge in [-0.15, -0.1) is 0 Å². The van der Waals surface area contributed by atoms with E-state index in [9.17, 15) is 9.59 Å². The van der Waals surface area contributed by atoms with E-state index < -0.39 is 0 Å². The molecule has 0 atom stereocenters. The van der Waals surface area contributed by atoms with Gasteiger partial charge in [-0.25, -0.2) is 4.79 Å². The van der Waals surface area contributed by atoms with Crippen LogP contribution in [-0.2, 0) is 20.8 Å². The van der Waals surface area contributed by atoms with Crippen molar-refractivity contribution in [3.8, 4) is 0 Å². The van der Waals surface area contributed by atoms with Crippen LogP contribution in [0.5, 0.6) is 0 Å². The Morgan fingerprint density at radius 1 is 0.968 bits per heavy atom. The van der Waals surface area contributed by atoms with E-state index in [2.05, 4.69) is 7.49 Å². The van der Waals surface area contributed by atoms with Gasteiger partial charge in [0, 0.05) is 13.1 Å². The van der Waals surface area contributed by atoms with Crippen LogP contribution in [0.1, 0.15) is 44.6 Å². The summed E-state index contributed by atoms with van der Waals surface area (Å²) in [5.74, 6) is 0.571. The molecule has 2 heterocycles. The van der Waals surface area contributed by atoms with Crippen LogP contribution >= 0.6 is 0 Å². The molecule has 0 radical (unpaired) electrons. The monoisotopic (exact) mass is 428 g/mol. The SMILES string of the molecule is B=C(C)OC(=O)N1CCC(CCOC2CCN(C(=O)OCc3ccccc3)CC2)CC1. The zero-order valence-corrected chi connectivity index (χ0v) is 18.5. The first-order valence-corrected chi connectivity index (χ1v) is 11.2. The van der Waals surface area contributed by atoms with Crippen molar-refractivity contribution in [2.24, 2.45) is 5.92 Å². The van der Waals surface area contributed by atoms with E-state index in [0.29, 0.717) is 31.3 Å². The van der Waals surface area contributed by atoms with Crippen LogP contribution in [0.25, 0.3) is 0 Å². The summed E-state index contributed by atoms with van der Waals surface area (Å²) in [5.41, 5.74) is 1.42. The summed E-state index contributed by atoms with van der Waals surface area (Å²) in [5, 5.41) is 0.